The number of rotatable bonds is 4. The lowest BCUT2D eigenvalue weighted by Crippen LogP contribution is -2.53. The van der Waals surface area contributed by atoms with E-state index in [9.17, 15) is 14.7 Å². The SMILES string of the molecule is CC(Oc1ccc(O)cc1)C(=O)N1CCN(C(=O)Oc2ccccc2)CC1. The van der Waals surface area contributed by atoms with Crippen molar-refractivity contribution < 1.29 is 24.2 Å². The highest BCUT2D eigenvalue weighted by Gasteiger charge is 2.28. The molecule has 7 nitrogen and oxygen atoms in total. The van der Waals surface area contributed by atoms with Gasteiger partial charge in [0.05, 0.1) is 0 Å². The summed E-state index contributed by atoms with van der Waals surface area (Å²) in [5, 5.41) is 9.29. The number of phenols is 1. The number of phenolic OH excluding ortho intramolecular Hbond substituents is 1. The van der Waals surface area contributed by atoms with Crippen LogP contribution in [0.3, 0.4) is 0 Å². The summed E-state index contributed by atoms with van der Waals surface area (Å²) in [6.45, 7) is 3.34. The number of amides is 2. The van der Waals surface area contributed by atoms with Crippen molar-refractivity contribution in [1.82, 2.24) is 9.80 Å². The molecule has 1 heterocycles. The summed E-state index contributed by atoms with van der Waals surface area (Å²) in [4.78, 5) is 28.0. The molecular formula is C20H22N2O5. The molecule has 27 heavy (non-hydrogen) atoms. The Morgan fingerprint density at radius 1 is 0.889 bits per heavy atom. The first-order valence-corrected chi connectivity index (χ1v) is 8.79. The number of para-hydroxylation sites is 1. The van der Waals surface area contributed by atoms with Crippen LogP contribution in [0.1, 0.15) is 6.92 Å². The summed E-state index contributed by atoms with van der Waals surface area (Å²) in [6, 6.07) is 15.1. The predicted molar refractivity (Wildman–Crippen MR) is 98.8 cm³/mol. The maximum atomic E-state index is 12.6. The number of ether oxygens (including phenoxy) is 2. The van der Waals surface area contributed by atoms with Gasteiger partial charge in [-0.15, -0.1) is 0 Å². The van der Waals surface area contributed by atoms with Gasteiger partial charge in [0.2, 0.25) is 0 Å². The molecule has 0 radical (unpaired) electrons. The standard InChI is InChI=1S/C20H22N2O5/c1-15(26-18-9-7-16(23)8-10-18)19(24)21-11-13-22(14-12-21)20(25)27-17-5-3-2-4-6-17/h2-10,15,23H,11-14H2,1H3. The van der Waals surface area contributed by atoms with E-state index in [2.05, 4.69) is 0 Å². The normalized spacial score (nSPS) is 15.1. The van der Waals surface area contributed by atoms with Gasteiger partial charge in [-0.1, -0.05) is 18.2 Å². The first kappa shape index (κ1) is 18.6. The molecule has 1 unspecified atom stereocenters. The third kappa shape index (κ3) is 4.91. The quantitative estimate of drug-likeness (QED) is 0.895. The van der Waals surface area contributed by atoms with Crippen LogP contribution in [0.25, 0.3) is 0 Å². The molecule has 1 aliphatic rings. The van der Waals surface area contributed by atoms with Crippen molar-refractivity contribution in [3.05, 3.63) is 54.6 Å². The summed E-state index contributed by atoms with van der Waals surface area (Å²) < 4.78 is 11.0. The summed E-state index contributed by atoms with van der Waals surface area (Å²) in [7, 11) is 0. The van der Waals surface area contributed by atoms with Crippen LogP contribution in [-0.2, 0) is 4.79 Å². The van der Waals surface area contributed by atoms with E-state index in [0.29, 0.717) is 37.7 Å². The predicted octanol–water partition coefficient (Wildman–Crippen LogP) is 2.50. The molecule has 0 aromatic heterocycles. The van der Waals surface area contributed by atoms with Crippen molar-refractivity contribution >= 4 is 12.0 Å². The van der Waals surface area contributed by atoms with Crippen LogP contribution < -0.4 is 9.47 Å². The highest BCUT2D eigenvalue weighted by atomic mass is 16.6. The second-order valence-electron chi connectivity index (χ2n) is 6.25. The Morgan fingerprint density at radius 2 is 1.48 bits per heavy atom. The zero-order valence-electron chi connectivity index (χ0n) is 15.1. The van der Waals surface area contributed by atoms with Crippen molar-refractivity contribution in [3.8, 4) is 17.2 Å². The van der Waals surface area contributed by atoms with Crippen LogP contribution in [0.15, 0.2) is 54.6 Å². The van der Waals surface area contributed by atoms with Crippen LogP contribution in [0.4, 0.5) is 4.79 Å². The lowest BCUT2D eigenvalue weighted by molar-refractivity contribution is -0.139. The number of benzene rings is 2. The highest BCUT2D eigenvalue weighted by Crippen LogP contribution is 2.18. The fraction of sp³-hybridized carbons (Fsp3) is 0.300. The van der Waals surface area contributed by atoms with Crippen LogP contribution in [-0.4, -0.2) is 59.2 Å². The van der Waals surface area contributed by atoms with Crippen LogP contribution in [0.5, 0.6) is 17.2 Å². The van der Waals surface area contributed by atoms with Crippen molar-refractivity contribution in [2.45, 2.75) is 13.0 Å². The third-order valence-corrected chi connectivity index (χ3v) is 4.30. The van der Waals surface area contributed by atoms with E-state index in [-0.39, 0.29) is 11.7 Å². The van der Waals surface area contributed by atoms with Gasteiger partial charge in [0.1, 0.15) is 17.2 Å². The Balaban J connectivity index is 1.48. The number of carbonyl (C=O) groups is 2. The van der Waals surface area contributed by atoms with Crippen LogP contribution in [0.2, 0.25) is 0 Å². The molecular weight excluding hydrogens is 348 g/mol. The van der Waals surface area contributed by atoms with Crippen molar-refractivity contribution in [1.29, 1.82) is 0 Å². The Hall–Kier alpha value is -3.22. The van der Waals surface area contributed by atoms with E-state index in [4.69, 9.17) is 9.47 Å². The zero-order valence-corrected chi connectivity index (χ0v) is 15.1. The molecule has 1 aliphatic heterocycles. The minimum absolute atomic E-state index is 0.139. The van der Waals surface area contributed by atoms with Gasteiger partial charge in [-0.05, 0) is 43.3 Å². The van der Waals surface area contributed by atoms with E-state index < -0.39 is 12.2 Å². The highest BCUT2D eigenvalue weighted by molar-refractivity contribution is 5.81. The molecule has 0 aliphatic carbocycles. The molecule has 2 aromatic rings. The monoisotopic (exact) mass is 370 g/mol. The van der Waals surface area contributed by atoms with Gasteiger partial charge in [0.15, 0.2) is 6.10 Å². The minimum Gasteiger partial charge on any atom is -0.508 e. The number of hydrogen-bond donors (Lipinski definition) is 1. The summed E-state index contributed by atoms with van der Waals surface area (Å²) in [6.07, 6.45) is -1.07. The molecule has 0 saturated carbocycles. The fourth-order valence-electron chi connectivity index (χ4n) is 2.80. The van der Waals surface area contributed by atoms with Crippen molar-refractivity contribution in [2.24, 2.45) is 0 Å². The first-order chi connectivity index (χ1) is 13.0. The lowest BCUT2D eigenvalue weighted by atomic mass is 10.2. The average molecular weight is 370 g/mol. The maximum Gasteiger partial charge on any atom is 0.415 e. The molecule has 1 saturated heterocycles. The molecule has 3 rings (SSSR count). The van der Waals surface area contributed by atoms with E-state index in [0.717, 1.165) is 0 Å². The van der Waals surface area contributed by atoms with E-state index in [1.807, 2.05) is 6.07 Å². The lowest BCUT2D eigenvalue weighted by Gasteiger charge is -2.35. The Kier molecular flexibility index (Phi) is 5.80. The van der Waals surface area contributed by atoms with Gasteiger partial charge >= 0.3 is 6.09 Å². The van der Waals surface area contributed by atoms with E-state index >= 15 is 0 Å². The van der Waals surface area contributed by atoms with Gasteiger partial charge in [-0.3, -0.25) is 4.79 Å². The third-order valence-electron chi connectivity index (χ3n) is 4.30. The van der Waals surface area contributed by atoms with Crippen molar-refractivity contribution in [3.63, 3.8) is 0 Å². The Bertz CT molecular complexity index is 771. The number of nitrogens with zero attached hydrogens (tertiary/aromatic N) is 2. The number of hydrogen-bond acceptors (Lipinski definition) is 5. The summed E-state index contributed by atoms with van der Waals surface area (Å²) >= 11 is 0. The molecule has 7 heteroatoms. The zero-order chi connectivity index (χ0) is 19.2. The Morgan fingerprint density at radius 3 is 2.11 bits per heavy atom. The number of aromatic hydroxyl groups is 1. The van der Waals surface area contributed by atoms with Gasteiger partial charge in [0.25, 0.3) is 5.91 Å². The van der Waals surface area contributed by atoms with Gasteiger partial charge < -0.3 is 24.4 Å². The summed E-state index contributed by atoms with van der Waals surface area (Å²) in [5.41, 5.74) is 0. The molecule has 1 fully saturated rings. The van der Waals surface area contributed by atoms with Gasteiger partial charge in [-0.25, -0.2) is 4.79 Å². The molecule has 2 aromatic carbocycles. The van der Waals surface area contributed by atoms with Crippen LogP contribution >= 0.6 is 0 Å². The maximum absolute atomic E-state index is 12.6. The molecule has 142 valence electrons. The second kappa shape index (κ2) is 8.44. The van der Waals surface area contributed by atoms with Crippen LogP contribution in [0, 0.1) is 0 Å². The van der Waals surface area contributed by atoms with E-state index in [1.165, 1.54) is 12.1 Å². The molecule has 2 amide bonds. The molecule has 1 N–H and O–H groups in total. The van der Waals surface area contributed by atoms with E-state index in [1.54, 1.807) is 53.1 Å². The summed E-state index contributed by atoms with van der Waals surface area (Å²) in [5.74, 6) is 1.01. The van der Waals surface area contributed by atoms with Gasteiger partial charge in [-0.2, -0.15) is 0 Å². The Labute approximate surface area is 157 Å². The van der Waals surface area contributed by atoms with Crippen molar-refractivity contribution in [2.75, 3.05) is 26.2 Å². The van der Waals surface area contributed by atoms with Gasteiger partial charge in [0, 0.05) is 26.2 Å². The number of carbonyl (C=O) groups excluding carboxylic acids is 2. The number of piperazine rings is 1. The second-order valence-corrected chi connectivity index (χ2v) is 6.25. The first-order valence-electron chi connectivity index (χ1n) is 8.79. The topological polar surface area (TPSA) is 79.3 Å². The smallest absolute Gasteiger partial charge is 0.415 e. The molecule has 0 bridgehead atoms. The molecule has 1 atom stereocenters. The largest absolute Gasteiger partial charge is 0.508 e. The minimum atomic E-state index is -0.655. The fourth-order valence-corrected chi connectivity index (χ4v) is 2.80. The average Bonchev–Trinajstić information content (AvgIpc) is 2.70. The molecule has 0 spiro atoms.